The van der Waals surface area contributed by atoms with E-state index >= 15 is 0 Å². The monoisotopic (exact) mass is 477 g/mol. The Morgan fingerprint density at radius 3 is 2.66 bits per heavy atom. The Morgan fingerprint density at radius 2 is 2.03 bits per heavy atom. The summed E-state index contributed by atoms with van der Waals surface area (Å²) in [6.45, 7) is 4.06. The molecule has 1 aromatic heterocycles. The van der Waals surface area contributed by atoms with E-state index in [2.05, 4.69) is 15.3 Å². The van der Waals surface area contributed by atoms with Gasteiger partial charge in [-0.25, -0.2) is 9.37 Å². The number of imidazole rings is 1. The van der Waals surface area contributed by atoms with Gasteiger partial charge in [0.05, 0.1) is 37.5 Å². The minimum absolute atomic E-state index is 0.314. The number of aryl methyl sites for hydroxylation is 1. The van der Waals surface area contributed by atoms with Crippen LogP contribution in [0.15, 0.2) is 65.7 Å². The van der Waals surface area contributed by atoms with Crippen molar-refractivity contribution < 1.29 is 19.0 Å². The van der Waals surface area contributed by atoms with Crippen molar-refractivity contribution in [2.24, 2.45) is 4.99 Å². The predicted molar refractivity (Wildman–Crippen MR) is 132 cm³/mol. The molecule has 8 nitrogen and oxygen atoms in total. The molecule has 0 saturated carbocycles. The van der Waals surface area contributed by atoms with Crippen LogP contribution in [0.25, 0.3) is 11.8 Å². The molecule has 0 spiro atoms. The number of benzene rings is 2. The van der Waals surface area contributed by atoms with Crippen LogP contribution >= 0.6 is 0 Å². The first kappa shape index (κ1) is 24.2. The average molecular weight is 478 g/mol. The summed E-state index contributed by atoms with van der Waals surface area (Å²) in [7, 11) is 1.59. The number of halogens is 1. The Kier molecular flexibility index (Phi) is 7.26. The molecule has 1 amide bonds. The number of hydrogen-bond acceptors (Lipinski definition) is 5. The van der Waals surface area contributed by atoms with Gasteiger partial charge in [0.15, 0.2) is 0 Å². The van der Waals surface area contributed by atoms with Crippen LogP contribution in [0, 0.1) is 12.7 Å². The van der Waals surface area contributed by atoms with Gasteiger partial charge >= 0.3 is 0 Å². The lowest BCUT2D eigenvalue weighted by molar-refractivity contribution is -0.124. The highest BCUT2D eigenvalue weighted by Gasteiger charge is 2.37. The number of carbonyl (C=O) groups is 1. The van der Waals surface area contributed by atoms with Gasteiger partial charge in [-0.05, 0) is 54.8 Å². The number of nitrogens with one attached hydrogen (secondary N) is 1. The quantitative estimate of drug-likeness (QED) is 0.484. The Morgan fingerprint density at radius 1 is 1.26 bits per heavy atom. The number of rotatable bonds is 8. The van der Waals surface area contributed by atoms with Crippen molar-refractivity contribution in [2.75, 3.05) is 20.3 Å². The summed E-state index contributed by atoms with van der Waals surface area (Å²) in [5.74, 6) is 0.249. The van der Waals surface area contributed by atoms with Crippen molar-refractivity contribution in [3.63, 3.8) is 0 Å². The average Bonchev–Trinajstić information content (AvgIpc) is 3.42. The van der Waals surface area contributed by atoms with Gasteiger partial charge in [-0.15, -0.1) is 0 Å². The summed E-state index contributed by atoms with van der Waals surface area (Å²) >= 11 is 0. The summed E-state index contributed by atoms with van der Waals surface area (Å²) in [6, 6.07) is 10.6. The molecule has 182 valence electrons. The van der Waals surface area contributed by atoms with Crippen LogP contribution in [0.1, 0.15) is 36.2 Å². The van der Waals surface area contributed by atoms with Gasteiger partial charge < -0.3 is 19.7 Å². The number of aliphatic hydroxyl groups excluding tert-OH is 1. The van der Waals surface area contributed by atoms with E-state index in [1.165, 1.54) is 17.0 Å². The first-order chi connectivity index (χ1) is 16.9. The van der Waals surface area contributed by atoms with Crippen molar-refractivity contribution in [3.8, 4) is 11.4 Å². The fourth-order valence-electron chi connectivity index (χ4n) is 3.92. The maximum atomic E-state index is 13.5. The van der Waals surface area contributed by atoms with Gasteiger partial charge in [-0.2, -0.15) is 0 Å². The van der Waals surface area contributed by atoms with Crippen LogP contribution in [0.3, 0.4) is 0 Å². The molecule has 1 saturated heterocycles. The number of nitrogens with zero attached hydrogens (tertiary/aromatic N) is 4. The third-order valence-corrected chi connectivity index (χ3v) is 5.65. The molecule has 1 aliphatic rings. The fraction of sp³-hybridized carbons (Fsp3) is 0.269. The number of aliphatic hydroxyl groups is 1. The molecule has 2 N–H and O–H groups in total. The van der Waals surface area contributed by atoms with Crippen molar-refractivity contribution in [3.05, 3.63) is 83.3 Å². The molecule has 2 heterocycles. The van der Waals surface area contributed by atoms with E-state index in [9.17, 15) is 14.3 Å². The smallest absolute Gasteiger partial charge is 0.277 e. The van der Waals surface area contributed by atoms with E-state index in [1.807, 2.05) is 42.8 Å². The number of amides is 1. The lowest BCUT2D eigenvalue weighted by Crippen LogP contribution is -2.38. The highest BCUT2D eigenvalue weighted by atomic mass is 19.1. The summed E-state index contributed by atoms with van der Waals surface area (Å²) in [4.78, 5) is 23.7. The fourth-order valence-corrected chi connectivity index (χ4v) is 3.92. The topological polar surface area (TPSA) is 92.0 Å². The molecule has 9 heteroatoms. The van der Waals surface area contributed by atoms with E-state index in [1.54, 1.807) is 31.6 Å². The molecular weight excluding hydrogens is 449 g/mol. The maximum absolute atomic E-state index is 13.5. The minimum atomic E-state index is -0.710. The third-order valence-electron chi connectivity index (χ3n) is 5.65. The molecule has 0 aliphatic carbocycles. The number of aliphatic imine (C=N–C) groups is 1. The van der Waals surface area contributed by atoms with Crippen LogP contribution in [0.2, 0.25) is 0 Å². The van der Waals surface area contributed by atoms with Gasteiger partial charge in [0.2, 0.25) is 5.96 Å². The number of guanidine groups is 1. The number of methoxy groups -OCH3 is 1. The minimum Gasteiger partial charge on any atom is -0.495 e. The van der Waals surface area contributed by atoms with Gasteiger partial charge in [0.1, 0.15) is 17.3 Å². The molecule has 35 heavy (non-hydrogen) atoms. The van der Waals surface area contributed by atoms with Crippen molar-refractivity contribution >= 4 is 17.9 Å². The van der Waals surface area contributed by atoms with Crippen LogP contribution in [-0.2, 0) is 4.79 Å². The van der Waals surface area contributed by atoms with Crippen LogP contribution in [0.5, 0.6) is 5.75 Å². The summed E-state index contributed by atoms with van der Waals surface area (Å²) in [6.07, 6.45) is 6.12. The zero-order valence-corrected chi connectivity index (χ0v) is 19.9. The molecule has 4 rings (SSSR count). The molecule has 1 aliphatic heterocycles. The lowest BCUT2D eigenvalue weighted by atomic mass is 10.1. The highest BCUT2D eigenvalue weighted by molar-refractivity contribution is 6.15. The second-order valence-electron chi connectivity index (χ2n) is 8.17. The second-order valence-corrected chi connectivity index (χ2v) is 8.17. The van der Waals surface area contributed by atoms with Crippen molar-refractivity contribution in [1.82, 2.24) is 19.8 Å². The molecule has 1 atom stereocenters. The number of hydrogen-bond donors (Lipinski definition) is 2. The molecule has 3 aromatic rings. The Balaban J connectivity index is 1.69. The highest BCUT2D eigenvalue weighted by Crippen LogP contribution is 2.29. The van der Waals surface area contributed by atoms with Crippen LogP contribution < -0.4 is 10.1 Å². The normalized spacial score (nSPS) is 16.7. The standard InChI is InChI=1S/C26H28FN5O3/c1-4-11-28-26-30-21(25(34)32(26)23(15-33)19-6-8-20(27)9-7-19)12-18-5-10-22(24(13-18)35-3)31-14-17(2)29-16-31/h5-10,12-14,16,23,33H,4,11,15H2,1-3H3,(H,28,30)/t23-/m1/s1. The van der Waals surface area contributed by atoms with Crippen LogP contribution in [-0.4, -0.2) is 51.7 Å². The Bertz CT molecular complexity index is 1270. The zero-order chi connectivity index (χ0) is 24.9. The molecule has 1 fully saturated rings. The number of ether oxygens (including phenoxy) is 1. The SMILES string of the molecule is CCCN=C1NC(=Cc2ccc(-n3cnc(C)c3)c(OC)c2)C(=O)N1[C@H](CO)c1ccc(F)cc1. The molecule has 0 bridgehead atoms. The van der Waals surface area contributed by atoms with Crippen molar-refractivity contribution in [1.29, 1.82) is 0 Å². The van der Waals surface area contributed by atoms with Gasteiger partial charge in [-0.1, -0.05) is 25.1 Å². The van der Waals surface area contributed by atoms with E-state index in [0.717, 1.165) is 23.4 Å². The zero-order valence-electron chi connectivity index (χ0n) is 19.9. The largest absolute Gasteiger partial charge is 0.495 e. The first-order valence-electron chi connectivity index (χ1n) is 11.4. The lowest BCUT2D eigenvalue weighted by Gasteiger charge is -2.25. The maximum Gasteiger partial charge on any atom is 0.277 e. The third kappa shape index (κ3) is 5.09. The van der Waals surface area contributed by atoms with Gasteiger partial charge in [0.25, 0.3) is 5.91 Å². The van der Waals surface area contributed by atoms with Gasteiger partial charge in [0, 0.05) is 12.7 Å². The van der Waals surface area contributed by atoms with Gasteiger partial charge in [-0.3, -0.25) is 14.7 Å². The number of carbonyl (C=O) groups excluding carboxylic acids is 1. The molecular formula is C26H28FN5O3. The summed E-state index contributed by atoms with van der Waals surface area (Å²) < 4.78 is 20.9. The molecule has 0 unspecified atom stereocenters. The first-order valence-corrected chi connectivity index (χ1v) is 11.4. The summed E-state index contributed by atoms with van der Waals surface area (Å²) in [5, 5.41) is 13.2. The molecule has 0 radical (unpaired) electrons. The summed E-state index contributed by atoms with van der Waals surface area (Å²) in [5.41, 5.74) is 3.38. The second kappa shape index (κ2) is 10.5. The van der Waals surface area contributed by atoms with E-state index in [0.29, 0.717) is 29.5 Å². The van der Waals surface area contributed by atoms with E-state index < -0.39 is 6.04 Å². The number of aromatic nitrogens is 2. The predicted octanol–water partition coefficient (Wildman–Crippen LogP) is 3.60. The Hall–Kier alpha value is -3.98. The van der Waals surface area contributed by atoms with E-state index in [4.69, 9.17) is 4.74 Å². The Labute approximate surface area is 203 Å². The van der Waals surface area contributed by atoms with Crippen molar-refractivity contribution in [2.45, 2.75) is 26.3 Å². The molecule has 2 aromatic carbocycles. The van der Waals surface area contributed by atoms with E-state index in [-0.39, 0.29) is 18.3 Å². The van der Waals surface area contributed by atoms with Crippen LogP contribution in [0.4, 0.5) is 4.39 Å².